The van der Waals surface area contributed by atoms with E-state index in [0.29, 0.717) is 4.90 Å². The van der Waals surface area contributed by atoms with Crippen molar-refractivity contribution in [3.05, 3.63) is 58.4 Å². The fraction of sp³-hybridized carbons (Fsp3) is 0. The third-order valence-electron chi connectivity index (χ3n) is 3.08. The Morgan fingerprint density at radius 1 is 1.00 bits per heavy atom. The second kappa shape index (κ2) is 4.31. The lowest BCUT2D eigenvalue weighted by molar-refractivity contribution is 0.0925. The molecule has 0 aromatic heterocycles. The predicted molar refractivity (Wildman–Crippen MR) is 70.7 cm³/mol. The number of amides is 2. The molecule has 100 valence electrons. The van der Waals surface area contributed by atoms with Crippen molar-refractivity contribution < 1.29 is 19.1 Å². The van der Waals surface area contributed by atoms with E-state index in [0.717, 1.165) is 0 Å². The van der Waals surface area contributed by atoms with Gasteiger partial charge in [0.05, 0.1) is 21.8 Å². The van der Waals surface area contributed by atoms with Gasteiger partial charge < -0.3 is 5.11 Å². The number of nitrogens with zero attached hydrogens (tertiary/aromatic N) is 1. The zero-order valence-electron chi connectivity index (χ0n) is 9.93. The monoisotopic (exact) mass is 291 g/mol. The molecule has 2 amide bonds. The van der Waals surface area contributed by atoms with E-state index in [2.05, 4.69) is 0 Å². The fourth-order valence-corrected chi connectivity index (χ4v) is 2.26. The predicted octanol–water partition coefficient (Wildman–Crippen LogP) is 2.99. The molecule has 20 heavy (non-hydrogen) atoms. The number of carbonyl (C=O) groups is 2. The first-order chi connectivity index (χ1) is 9.52. The first kappa shape index (κ1) is 12.6. The molecule has 0 radical (unpaired) electrons. The highest BCUT2D eigenvalue weighted by atomic mass is 35.5. The molecule has 2 aromatic carbocycles. The molecule has 0 saturated heterocycles. The molecule has 4 nitrogen and oxygen atoms in total. The molecule has 2 aromatic rings. The van der Waals surface area contributed by atoms with Crippen molar-refractivity contribution in [1.29, 1.82) is 0 Å². The summed E-state index contributed by atoms with van der Waals surface area (Å²) in [5, 5.41) is 9.29. The number of imide groups is 1. The summed E-state index contributed by atoms with van der Waals surface area (Å²) in [7, 11) is 0. The van der Waals surface area contributed by atoms with Gasteiger partial charge >= 0.3 is 0 Å². The maximum Gasteiger partial charge on any atom is 0.266 e. The lowest BCUT2D eigenvalue weighted by atomic mass is 10.1. The van der Waals surface area contributed by atoms with Gasteiger partial charge in [-0.05, 0) is 24.3 Å². The molecule has 0 saturated carbocycles. The first-order valence-electron chi connectivity index (χ1n) is 5.67. The molecule has 6 heteroatoms. The van der Waals surface area contributed by atoms with E-state index in [1.54, 1.807) is 12.1 Å². The third-order valence-corrected chi connectivity index (χ3v) is 3.39. The van der Waals surface area contributed by atoms with Gasteiger partial charge in [-0.2, -0.15) is 0 Å². The number of phenols is 1. The summed E-state index contributed by atoms with van der Waals surface area (Å²) in [5.41, 5.74) is 0.0794. The van der Waals surface area contributed by atoms with Crippen LogP contribution in [0, 0.1) is 5.82 Å². The highest BCUT2D eigenvalue weighted by Gasteiger charge is 2.38. The fourth-order valence-electron chi connectivity index (χ4n) is 2.11. The number of anilines is 1. The highest BCUT2D eigenvalue weighted by molar-refractivity contribution is 6.35. The molecular weight excluding hydrogens is 285 g/mol. The van der Waals surface area contributed by atoms with E-state index in [-0.39, 0.29) is 21.8 Å². The number of phenolic OH excluding ortho intramolecular Hbond substituents is 1. The standard InChI is InChI=1S/C14H7ClFNO3/c15-9-5-6-10(11(16)12(9)18)17-13(19)7-3-1-2-4-8(7)14(17)20/h1-6,18H. The molecular formula is C14H7ClFNO3. The summed E-state index contributed by atoms with van der Waals surface area (Å²) in [6, 6.07) is 8.61. The summed E-state index contributed by atoms with van der Waals surface area (Å²) in [4.78, 5) is 25.1. The van der Waals surface area contributed by atoms with Crippen molar-refractivity contribution in [3.8, 4) is 5.75 Å². The Kier molecular flexibility index (Phi) is 2.72. The maximum atomic E-state index is 14.0. The molecule has 3 rings (SSSR count). The Morgan fingerprint density at radius 2 is 1.55 bits per heavy atom. The number of benzene rings is 2. The van der Waals surface area contributed by atoms with Crippen LogP contribution in [0.2, 0.25) is 5.02 Å². The van der Waals surface area contributed by atoms with Crippen molar-refractivity contribution in [2.75, 3.05) is 4.90 Å². The molecule has 0 unspecified atom stereocenters. The molecule has 0 fully saturated rings. The first-order valence-corrected chi connectivity index (χ1v) is 6.05. The van der Waals surface area contributed by atoms with Gasteiger partial charge in [0.15, 0.2) is 11.6 Å². The van der Waals surface area contributed by atoms with Crippen LogP contribution in [0.25, 0.3) is 0 Å². The van der Waals surface area contributed by atoms with Crippen molar-refractivity contribution in [3.63, 3.8) is 0 Å². The van der Waals surface area contributed by atoms with Gasteiger partial charge in [0.1, 0.15) is 0 Å². The normalized spacial score (nSPS) is 13.8. The van der Waals surface area contributed by atoms with Crippen LogP contribution in [0.3, 0.4) is 0 Å². The van der Waals surface area contributed by atoms with Crippen LogP contribution in [-0.4, -0.2) is 16.9 Å². The summed E-state index contributed by atoms with van der Waals surface area (Å²) in [6.45, 7) is 0. The Balaban J connectivity index is 2.17. The van der Waals surface area contributed by atoms with Gasteiger partial charge in [-0.15, -0.1) is 0 Å². The number of aromatic hydroxyl groups is 1. The van der Waals surface area contributed by atoms with Gasteiger partial charge in [0, 0.05) is 0 Å². The molecule has 1 heterocycles. The molecule has 1 aliphatic heterocycles. The number of halogens is 2. The van der Waals surface area contributed by atoms with Crippen LogP contribution in [0.5, 0.6) is 5.75 Å². The molecule has 1 aliphatic rings. The summed E-state index contributed by atoms with van der Waals surface area (Å²) in [5.74, 6) is -3.16. The molecule has 0 bridgehead atoms. The molecule has 0 atom stereocenters. The van der Waals surface area contributed by atoms with Crippen molar-refractivity contribution >= 4 is 29.1 Å². The largest absolute Gasteiger partial charge is 0.504 e. The van der Waals surface area contributed by atoms with Gasteiger partial charge in [-0.1, -0.05) is 23.7 Å². The second-order valence-electron chi connectivity index (χ2n) is 4.22. The lowest BCUT2D eigenvalue weighted by Crippen LogP contribution is -2.30. The van der Waals surface area contributed by atoms with Gasteiger partial charge in [-0.25, -0.2) is 9.29 Å². The van der Waals surface area contributed by atoms with Crippen molar-refractivity contribution in [1.82, 2.24) is 0 Å². The van der Waals surface area contributed by atoms with E-state index in [9.17, 15) is 19.1 Å². The lowest BCUT2D eigenvalue weighted by Gasteiger charge is -2.15. The molecule has 0 aliphatic carbocycles. The Labute approximate surface area is 118 Å². The Bertz CT molecular complexity index is 725. The van der Waals surface area contributed by atoms with Crippen molar-refractivity contribution in [2.45, 2.75) is 0 Å². The van der Waals surface area contributed by atoms with Crippen LogP contribution in [0.1, 0.15) is 20.7 Å². The van der Waals surface area contributed by atoms with E-state index >= 15 is 0 Å². The van der Waals surface area contributed by atoms with Crippen LogP contribution in [-0.2, 0) is 0 Å². The Hall–Kier alpha value is -2.40. The second-order valence-corrected chi connectivity index (χ2v) is 4.63. The van der Waals surface area contributed by atoms with Crippen LogP contribution < -0.4 is 4.90 Å². The number of carbonyl (C=O) groups excluding carboxylic acids is 2. The molecule has 1 N–H and O–H groups in total. The molecule has 0 spiro atoms. The van der Waals surface area contributed by atoms with Gasteiger partial charge in [-0.3, -0.25) is 9.59 Å². The quantitative estimate of drug-likeness (QED) is 0.822. The van der Waals surface area contributed by atoms with Crippen LogP contribution >= 0.6 is 11.6 Å². The van der Waals surface area contributed by atoms with E-state index in [4.69, 9.17) is 11.6 Å². The smallest absolute Gasteiger partial charge is 0.266 e. The zero-order chi connectivity index (χ0) is 14.4. The highest BCUT2D eigenvalue weighted by Crippen LogP contribution is 2.36. The number of hydrogen-bond donors (Lipinski definition) is 1. The maximum absolute atomic E-state index is 14.0. The minimum Gasteiger partial charge on any atom is -0.504 e. The van der Waals surface area contributed by atoms with Crippen molar-refractivity contribution in [2.24, 2.45) is 0 Å². The van der Waals surface area contributed by atoms with Gasteiger partial charge in [0.2, 0.25) is 0 Å². The van der Waals surface area contributed by atoms with Crippen LogP contribution in [0.15, 0.2) is 36.4 Å². The minimum absolute atomic E-state index is 0.192. The minimum atomic E-state index is -1.10. The van der Waals surface area contributed by atoms with E-state index < -0.39 is 23.4 Å². The summed E-state index contributed by atoms with van der Waals surface area (Å²) >= 11 is 5.58. The average molecular weight is 292 g/mol. The topological polar surface area (TPSA) is 57.6 Å². The van der Waals surface area contributed by atoms with Gasteiger partial charge in [0.25, 0.3) is 11.8 Å². The zero-order valence-corrected chi connectivity index (χ0v) is 10.7. The van der Waals surface area contributed by atoms with E-state index in [1.807, 2.05) is 0 Å². The average Bonchev–Trinajstić information content (AvgIpc) is 2.70. The Morgan fingerprint density at radius 3 is 2.10 bits per heavy atom. The number of fused-ring (bicyclic) bond motifs is 1. The number of rotatable bonds is 1. The van der Waals surface area contributed by atoms with E-state index in [1.165, 1.54) is 24.3 Å². The van der Waals surface area contributed by atoms with Crippen LogP contribution in [0.4, 0.5) is 10.1 Å². The summed E-state index contributed by atoms with van der Waals surface area (Å²) < 4.78 is 14.0. The SMILES string of the molecule is O=C1c2ccccc2C(=O)N1c1ccc(Cl)c(O)c1F. The summed E-state index contributed by atoms with van der Waals surface area (Å²) in [6.07, 6.45) is 0. The third kappa shape index (κ3) is 1.60. The number of hydrogen-bond acceptors (Lipinski definition) is 3.